The summed E-state index contributed by atoms with van der Waals surface area (Å²) in [5.74, 6) is 2.38. The van der Waals surface area contributed by atoms with Gasteiger partial charge in [-0.05, 0) is 18.6 Å². The van der Waals surface area contributed by atoms with Gasteiger partial charge in [0.25, 0.3) is 5.69 Å². The lowest BCUT2D eigenvalue weighted by Gasteiger charge is -2.14. The van der Waals surface area contributed by atoms with Gasteiger partial charge in [-0.2, -0.15) is 0 Å². The molecule has 1 atom stereocenters. The van der Waals surface area contributed by atoms with Crippen molar-refractivity contribution in [2.75, 3.05) is 0 Å². The predicted octanol–water partition coefficient (Wildman–Crippen LogP) is 2.33. The SMILES string of the molecule is C#CCC(CC)NS(=O)(=O)c1ccc(Cl)c([N+](=O)[O-])c1. The molecule has 0 fully saturated rings. The molecular formula is C12H13ClN2O4S. The van der Waals surface area contributed by atoms with Crippen molar-refractivity contribution in [3.8, 4) is 12.3 Å². The van der Waals surface area contributed by atoms with Crippen LogP contribution in [0.5, 0.6) is 0 Å². The van der Waals surface area contributed by atoms with Crippen LogP contribution in [-0.4, -0.2) is 19.4 Å². The molecule has 0 heterocycles. The third-order valence-corrected chi connectivity index (χ3v) is 4.44. The van der Waals surface area contributed by atoms with Gasteiger partial charge in [-0.3, -0.25) is 10.1 Å². The van der Waals surface area contributed by atoms with Gasteiger partial charge in [0.05, 0.1) is 9.82 Å². The Labute approximate surface area is 122 Å². The number of hydrogen-bond donors (Lipinski definition) is 1. The average Bonchev–Trinajstić information content (AvgIpc) is 2.37. The quantitative estimate of drug-likeness (QED) is 0.495. The molecule has 0 radical (unpaired) electrons. The lowest BCUT2D eigenvalue weighted by molar-refractivity contribution is -0.384. The fraction of sp³-hybridized carbons (Fsp3) is 0.333. The van der Waals surface area contributed by atoms with Gasteiger partial charge in [-0.1, -0.05) is 18.5 Å². The van der Waals surface area contributed by atoms with Crippen LogP contribution in [-0.2, 0) is 10.0 Å². The second-order valence-corrected chi connectivity index (χ2v) is 6.13. The maximum atomic E-state index is 12.1. The highest BCUT2D eigenvalue weighted by molar-refractivity contribution is 7.89. The molecule has 0 aliphatic rings. The van der Waals surface area contributed by atoms with Crippen molar-refractivity contribution in [1.29, 1.82) is 0 Å². The molecule has 0 spiro atoms. The van der Waals surface area contributed by atoms with E-state index in [1.54, 1.807) is 6.92 Å². The van der Waals surface area contributed by atoms with Crippen LogP contribution in [0, 0.1) is 22.5 Å². The molecule has 20 heavy (non-hydrogen) atoms. The van der Waals surface area contributed by atoms with E-state index >= 15 is 0 Å². The summed E-state index contributed by atoms with van der Waals surface area (Å²) in [7, 11) is -3.88. The average molecular weight is 317 g/mol. The van der Waals surface area contributed by atoms with Crippen molar-refractivity contribution < 1.29 is 13.3 Å². The molecule has 6 nitrogen and oxygen atoms in total. The minimum atomic E-state index is -3.88. The Kier molecular flexibility index (Phi) is 5.51. The third-order valence-electron chi connectivity index (χ3n) is 2.60. The molecule has 1 rings (SSSR count). The summed E-state index contributed by atoms with van der Waals surface area (Å²) in [6.07, 6.45) is 5.91. The lowest BCUT2D eigenvalue weighted by Crippen LogP contribution is -2.34. The number of nitrogens with zero attached hydrogens (tertiary/aromatic N) is 1. The maximum absolute atomic E-state index is 12.1. The van der Waals surface area contributed by atoms with Gasteiger partial charge in [-0.15, -0.1) is 12.3 Å². The smallest absolute Gasteiger partial charge is 0.258 e. The van der Waals surface area contributed by atoms with E-state index in [0.29, 0.717) is 6.42 Å². The largest absolute Gasteiger partial charge is 0.289 e. The first-order valence-electron chi connectivity index (χ1n) is 5.71. The second kappa shape index (κ2) is 6.70. The summed E-state index contributed by atoms with van der Waals surface area (Å²) >= 11 is 5.64. The molecule has 108 valence electrons. The normalized spacial score (nSPS) is 12.7. The van der Waals surface area contributed by atoms with Gasteiger partial charge >= 0.3 is 0 Å². The molecule has 1 unspecified atom stereocenters. The molecule has 0 bridgehead atoms. The number of sulfonamides is 1. The minimum Gasteiger partial charge on any atom is -0.258 e. The lowest BCUT2D eigenvalue weighted by atomic mass is 10.2. The number of nitro groups is 1. The zero-order valence-corrected chi connectivity index (χ0v) is 12.2. The Morgan fingerprint density at radius 1 is 1.55 bits per heavy atom. The van der Waals surface area contributed by atoms with E-state index in [4.69, 9.17) is 18.0 Å². The third kappa shape index (κ3) is 3.93. The predicted molar refractivity (Wildman–Crippen MR) is 76.0 cm³/mol. The number of hydrogen-bond acceptors (Lipinski definition) is 4. The highest BCUT2D eigenvalue weighted by Gasteiger charge is 2.22. The van der Waals surface area contributed by atoms with Gasteiger partial charge in [0.2, 0.25) is 10.0 Å². The first kappa shape index (κ1) is 16.4. The van der Waals surface area contributed by atoms with E-state index in [9.17, 15) is 18.5 Å². The Balaban J connectivity index is 3.13. The summed E-state index contributed by atoms with van der Waals surface area (Å²) in [4.78, 5) is 9.81. The van der Waals surface area contributed by atoms with Crippen LogP contribution in [0.15, 0.2) is 23.1 Å². The van der Waals surface area contributed by atoms with Gasteiger partial charge in [0, 0.05) is 18.5 Å². The van der Waals surface area contributed by atoms with Crippen molar-refractivity contribution in [3.63, 3.8) is 0 Å². The van der Waals surface area contributed by atoms with E-state index in [1.165, 1.54) is 12.1 Å². The molecule has 8 heteroatoms. The summed E-state index contributed by atoms with van der Waals surface area (Å²) in [5, 5.41) is 10.6. The van der Waals surface area contributed by atoms with Crippen LogP contribution in [0.4, 0.5) is 5.69 Å². The summed E-state index contributed by atoms with van der Waals surface area (Å²) < 4.78 is 26.6. The molecule has 0 saturated heterocycles. The van der Waals surface area contributed by atoms with Crippen molar-refractivity contribution in [3.05, 3.63) is 33.3 Å². The molecule has 0 aliphatic carbocycles. The zero-order valence-electron chi connectivity index (χ0n) is 10.7. The topological polar surface area (TPSA) is 89.3 Å². The molecule has 0 aliphatic heterocycles. The highest BCUT2D eigenvalue weighted by atomic mass is 35.5. The summed E-state index contributed by atoms with van der Waals surface area (Å²) in [6.45, 7) is 1.79. The molecule has 0 aromatic heterocycles. The van der Waals surface area contributed by atoms with E-state index in [1.807, 2.05) is 0 Å². The highest BCUT2D eigenvalue weighted by Crippen LogP contribution is 2.27. The number of terminal acetylenes is 1. The first-order chi connectivity index (χ1) is 9.31. The molecular weight excluding hydrogens is 304 g/mol. The van der Waals surface area contributed by atoms with Crippen LogP contribution in [0.3, 0.4) is 0 Å². The zero-order chi connectivity index (χ0) is 15.3. The molecule has 0 amide bonds. The number of nitrogens with one attached hydrogen (secondary N) is 1. The van der Waals surface area contributed by atoms with Gasteiger partial charge in [0.1, 0.15) is 5.02 Å². The van der Waals surface area contributed by atoms with Crippen LogP contribution < -0.4 is 4.72 Å². The summed E-state index contributed by atoms with van der Waals surface area (Å²) in [6, 6.07) is 2.89. The number of nitro benzene ring substituents is 1. The fourth-order valence-corrected chi connectivity index (χ4v) is 3.02. The van der Waals surface area contributed by atoms with Crippen molar-refractivity contribution in [2.45, 2.75) is 30.7 Å². The van der Waals surface area contributed by atoms with Gasteiger partial charge in [-0.25, -0.2) is 13.1 Å². The van der Waals surface area contributed by atoms with Gasteiger partial charge in [0.15, 0.2) is 0 Å². The first-order valence-corrected chi connectivity index (χ1v) is 7.57. The second-order valence-electron chi connectivity index (χ2n) is 4.01. The Bertz CT molecular complexity index is 652. The van der Waals surface area contributed by atoms with E-state index < -0.39 is 26.7 Å². The van der Waals surface area contributed by atoms with Gasteiger partial charge < -0.3 is 0 Å². The number of benzene rings is 1. The Hall–Kier alpha value is -1.62. The van der Waals surface area contributed by atoms with E-state index in [0.717, 1.165) is 6.07 Å². The molecule has 1 N–H and O–H groups in total. The standard InChI is InChI=1S/C12H13ClN2O4S/c1-3-5-9(4-2)14-20(18,19)10-6-7-11(13)12(8-10)15(16)17/h1,6-9,14H,4-5H2,2H3. The number of rotatable bonds is 6. The van der Waals surface area contributed by atoms with Crippen molar-refractivity contribution in [1.82, 2.24) is 4.72 Å². The van der Waals surface area contributed by atoms with Crippen molar-refractivity contribution in [2.24, 2.45) is 0 Å². The molecule has 0 saturated carbocycles. The minimum absolute atomic E-state index is 0.121. The monoisotopic (exact) mass is 316 g/mol. The Morgan fingerprint density at radius 2 is 2.20 bits per heavy atom. The molecule has 1 aromatic carbocycles. The van der Waals surface area contributed by atoms with Crippen LogP contribution in [0.2, 0.25) is 5.02 Å². The van der Waals surface area contributed by atoms with E-state index in [-0.39, 0.29) is 16.3 Å². The van der Waals surface area contributed by atoms with Crippen molar-refractivity contribution >= 4 is 27.3 Å². The summed E-state index contributed by atoms with van der Waals surface area (Å²) in [5.41, 5.74) is -0.459. The number of halogens is 1. The Morgan fingerprint density at radius 3 is 2.70 bits per heavy atom. The van der Waals surface area contributed by atoms with E-state index in [2.05, 4.69) is 10.6 Å². The van der Waals surface area contributed by atoms with Crippen LogP contribution in [0.25, 0.3) is 0 Å². The fourth-order valence-electron chi connectivity index (χ4n) is 1.50. The van der Waals surface area contributed by atoms with Crippen LogP contribution >= 0.6 is 11.6 Å². The van der Waals surface area contributed by atoms with Crippen LogP contribution in [0.1, 0.15) is 19.8 Å². The molecule has 1 aromatic rings. The maximum Gasteiger partial charge on any atom is 0.289 e.